The van der Waals surface area contributed by atoms with Gasteiger partial charge >= 0.3 is 0 Å². The minimum absolute atomic E-state index is 0.639. The van der Waals surface area contributed by atoms with Gasteiger partial charge in [-0.05, 0) is 19.1 Å². The molecular weight excluding hydrogens is 193 g/mol. The SMILES string of the molecule is CCN=Cc1c(Cl)cccc1Cl. The lowest BCUT2D eigenvalue weighted by atomic mass is 10.2. The van der Waals surface area contributed by atoms with Crippen molar-refractivity contribution in [2.45, 2.75) is 6.92 Å². The molecule has 0 saturated heterocycles. The highest BCUT2D eigenvalue weighted by Crippen LogP contribution is 2.21. The standard InChI is InChI=1S/C9H9Cl2N/c1-2-12-6-7-8(10)4-3-5-9(7)11/h3-6H,2H2,1H3. The number of hydrogen-bond acceptors (Lipinski definition) is 1. The van der Waals surface area contributed by atoms with Crippen LogP contribution in [0.25, 0.3) is 0 Å². The van der Waals surface area contributed by atoms with E-state index in [-0.39, 0.29) is 0 Å². The van der Waals surface area contributed by atoms with Gasteiger partial charge in [-0.1, -0.05) is 29.3 Å². The van der Waals surface area contributed by atoms with Crippen molar-refractivity contribution >= 4 is 29.4 Å². The summed E-state index contributed by atoms with van der Waals surface area (Å²) in [6.45, 7) is 2.70. The first kappa shape index (κ1) is 9.56. The van der Waals surface area contributed by atoms with Crippen LogP contribution in [0.15, 0.2) is 23.2 Å². The van der Waals surface area contributed by atoms with Gasteiger partial charge in [-0.15, -0.1) is 0 Å². The number of benzene rings is 1. The van der Waals surface area contributed by atoms with E-state index in [1.807, 2.05) is 13.0 Å². The Morgan fingerprint density at radius 1 is 1.33 bits per heavy atom. The first-order valence-electron chi connectivity index (χ1n) is 3.69. The molecule has 1 aromatic carbocycles. The van der Waals surface area contributed by atoms with E-state index in [0.29, 0.717) is 10.0 Å². The molecule has 0 radical (unpaired) electrons. The maximum Gasteiger partial charge on any atom is 0.0508 e. The van der Waals surface area contributed by atoms with Crippen LogP contribution in [0.5, 0.6) is 0 Å². The van der Waals surface area contributed by atoms with Crippen molar-refractivity contribution in [2.75, 3.05) is 6.54 Å². The Kier molecular flexibility index (Phi) is 3.57. The first-order chi connectivity index (χ1) is 5.75. The topological polar surface area (TPSA) is 12.4 Å². The lowest BCUT2D eigenvalue weighted by Crippen LogP contribution is -1.85. The summed E-state index contributed by atoms with van der Waals surface area (Å²) in [4.78, 5) is 4.07. The highest BCUT2D eigenvalue weighted by molar-refractivity contribution is 6.38. The lowest BCUT2D eigenvalue weighted by molar-refractivity contribution is 1.14. The molecule has 0 N–H and O–H groups in total. The third-order valence-corrected chi connectivity index (χ3v) is 2.06. The van der Waals surface area contributed by atoms with Gasteiger partial charge in [0.1, 0.15) is 0 Å². The summed E-state index contributed by atoms with van der Waals surface area (Å²) in [5, 5.41) is 1.28. The lowest BCUT2D eigenvalue weighted by Gasteiger charge is -1.98. The van der Waals surface area contributed by atoms with Gasteiger partial charge in [-0.3, -0.25) is 4.99 Å². The number of nitrogens with zero attached hydrogens (tertiary/aromatic N) is 1. The molecule has 0 aliphatic heterocycles. The summed E-state index contributed by atoms with van der Waals surface area (Å²) in [6.07, 6.45) is 1.70. The molecule has 0 bridgehead atoms. The maximum absolute atomic E-state index is 5.89. The predicted octanol–water partition coefficient (Wildman–Crippen LogP) is 3.43. The van der Waals surface area contributed by atoms with E-state index in [1.165, 1.54) is 0 Å². The quantitative estimate of drug-likeness (QED) is 0.651. The van der Waals surface area contributed by atoms with Gasteiger partial charge in [0.15, 0.2) is 0 Å². The van der Waals surface area contributed by atoms with E-state index in [1.54, 1.807) is 18.3 Å². The van der Waals surface area contributed by atoms with E-state index in [0.717, 1.165) is 12.1 Å². The van der Waals surface area contributed by atoms with Gasteiger partial charge in [0.2, 0.25) is 0 Å². The molecule has 64 valence electrons. The van der Waals surface area contributed by atoms with Crippen molar-refractivity contribution in [3.8, 4) is 0 Å². The van der Waals surface area contributed by atoms with Crippen LogP contribution in [-0.4, -0.2) is 12.8 Å². The monoisotopic (exact) mass is 201 g/mol. The molecule has 0 unspecified atom stereocenters. The summed E-state index contributed by atoms with van der Waals surface area (Å²) in [5.74, 6) is 0. The van der Waals surface area contributed by atoms with E-state index in [9.17, 15) is 0 Å². The Labute approximate surface area is 82.0 Å². The molecule has 1 aromatic rings. The maximum atomic E-state index is 5.89. The van der Waals surface area contributed by atoms with Crippen LogP contribution in [0.1, 0.15) is 12.5 Å². The second kappa shape index (κ2) is 4.48. The third kappa shape index (κ3) is 2.23. The molecule has 3 heteroatoms. The van der Waals surface area contributed by atoms with Gasteiger partial charge in [0, 0.05) is 18.3 Å². The van der Waals surface area contributed by atoms with Crippen molar-refractivity contribution in [1.29, 1.82) is 0 Å². The van der Waals surface area contributed by atoms with Crippen LogP contribution >= 0.6 is 23.2 Å². The highest BCUT2D eigenvalue weighted by Gasteiger charge is 2.00. The summed E-state index contributed by atoms with van der Waals surface area (Å²) < 4.78 is 0. The molecule has 0 saturated carbocycles. The smallest absolute Gasteiger partial charge is 0.0508 e. The number of halogens is 2. The second-order valence-corrected chi connectivity index (χ2v) is 3.08. The number of hydrogen-bond donors (Lipinski definition) is 0. The van der Waals surface area contributed by atoms with Crippen molar-refractivity contribution in [1.82, 2.24) is 0 Å². The molecule has 0 aliphatic rings. The molecule has 1 rings (SSSR count). The Morgan fingerprint density at radius 2 is 1.92 bits per heavy atom. The molecule has 0 spiro atoms. The predicted molar refractivity (Wildman–Crippen MR) is 54.6 cm³/mol. The minimum atomic E-state index is 0.639. The van der Waals surface area contributed by atoms with Crippen LogP contribution in [-0.2, 0) is 0 Å². The summed E-state index contributed by atoms with van der Waals surface area (Å²) in [7, 11) is 0. The largest absolute Gasteiger partial charge is 0.293 e. The van der Waals surface area contributed by atoms with Crippen LogP contribution in [0.2, 0.25) is 10.0 Å². The van der Waals surface area contributed by atoms with Crippen molar-refractivity contribution in [3.05, 3.63) is 33.8 Å². The average molecular weight is 202 g/mol. The molecule has 0 aromatic heterocycles. The fourth-order valence-electron chi connectivity index (χ4n) is 0.817. The first-order valence-corrected chi connectivity index (χ1v) is 4.45. The molecule has 0 fully saturated rings. The van der Waals surface area contributed by atoms with E-state index in [2.05, 4.69) is 4.99 Å². The van der Waals surface area contributed by atoms with Gasteiger partial charge in [0.25, 0.3) is 0 Å². The zero-order valence-electron chi connectivity index (χ0n) is 6.72. The molecule has 1 nitrogen and oxygen atoms in total. The summed E-state index contributed by atoms with van der Waals surface area (Å²) in [6, 6.07) is 5.41. The zero-order chi connectivity index (χ0) is 8.97. The van der Waals surface area contributed by atoms with E-state index >= 15 is 0 Å². The molecule has 12 heavy (non-hydrogen) atoms. The molecular formula is C9H9Cl2N. The molecule has 0 atom stereocenters. The number of rotatable bonds is 2. The zero-order valence-corrected chi connectivity index (χ0v) is 8.23. The minimum Gasteiger partial charge on any atom is -0.293 e. The van der Waals surface area contributed by atoms with Gasteiger partial charge in [0.05, 0.1) is 10.0 Å². The van der Waals surface area contributed by atoms with Crippen LogP contribution < -0.4 is 0 Å². The van der Waals surface area contributed by atoms with Crippen LogP contribution in [0, 0.1) is 0 Å². The second-order valence-electron chi connectivity index (χ2n) is 2.26. The van der Waals surface area contributed by atoms with Gasteiger partial charge in [-0.25, -0.2) is 0 Å². The third-order valence-electron chi connectivity index (χ3n) is 1.40. The fourth-order valence-corrected chi connectivity index (χ4v) is 1.31. The van der Waals surface area contributed by atoms with Crippen molar-refractivity contribution in [3.63, 3.8) is 0 Å². The highest BCUT2D eigenvalue weighted by atomic mass is 35.5. The Bertz CT molecular complexity index is 274. The summed E-state index contributed by atoms with van der Waals surface area (Å²) in [5.41, 5.74) is 0.794. The molecule has 0 amide bonds. The number of aliphatic imine (C=N–C) groups is 1. The Morgan fingerprint density at radius 3 is 2.42 bits per heavy atom. The van der Waals surface area contributed by atoms with Crippen LogP contribution in [0.3, 0.4) is 0 Å². The van der Waals surface area contributed by atoms with E-state index in [4.69, 9.17) is 23.2 Å². The Hall–Kier alpha value is -0.530. The summed E-state index contributed by atoms with van der Waals surface area (Å²) >= 11 is 11.8. The average Bonchev–Trinajstić information content (AvgIpc) is 2.04. The van der Waals surface area contributed by atoms with Crippen molar-refractivity contribution < 1.29 is 0 Å². The molecule has 0 aliphatic carbocycles. The van der Waals surface area contributed by atoms with Gasteiger partial charge in [-0.2, -0.15) is 0 Å². The van der Waals surface area contributed by atoms with Gasteiger partial charge < -0.3 is 0 Å². The molecule has 0 heterocycles. The van der Waals surface area contributed by atoms with E-state index < -0.39 is 0 Å². The Balaban J connectivity index is 3.04. The fraction of sp³-hybridized carbons (Fsp3) is 0.222. The van der Waals surface area contributed by atoms with Crippen molar-refractivity contribution in [2.24, 2.45) is 4.99 Å². The van der Waals surface area contributed by atoms with Crippen LogP contribution in [0.4, 0.5) is 0 Å². The normalized spacial score (nSPS) is 10.9.